The number of hydrogen-bond donors (Lipinski definition) is 2. The molecule has 0 radical (unpaired) electrons. The summed E-state index contributed by atoms with van der Waals surface area (Å²) in [5, 5.41) is 6.57. The Bertz CT molecular complexity index is 753. The van der Waals surface area contributed by atoms with E-state index in [4.69, 9.17) is 4.74 Å². The van der Waals surface area contributed by atoms with Gasteiger partial charge < -0.3 is 15.4 Å². The summed E-state index contributed by atoms with van der Waals surface area (Å²) < 4.78 is 42.0. The maximum absolute atomic E-state index is 13.8. The molecule has 1 heterocycles. The standard InChI is InChI=1S/C19H30FN3O3S.HI/c1-15(7-12-27(3,24)25)23-18(21-2)22-14-19(8-10-26-11-9-19)16-5-4-6-17(20)13-16;/h4-6,13,15H,7-12,14H2,1-3H3,(H2,21,22,23);1H. The summed E-state index contributed by atoms with van der Waals surface area (Å²) in [6.45, 7) is 3.79. The van der Waals surface area contributed by atoms with Gasteiger partial charge in [0.15, 0.2) is 5.96 Å². The van der Waals surface area contributed by atoms with Crippen LogP contribution in [0.15, 0.2) is 29.3 Å². The van der Waals surface area contributed by atoms with Crippen LogP contribution in [0.5, 0.6) is 0 Å². The van der Waals surface area contributed by atoms with Crippen LogP contribution >= 0.6 is 24.0 Å². The topological polar surface area (TPSA) is 79.8 Å². The molecular weight excluding hydrogens is 496 g/mol. The predicted molar refractivity (Wildman–Crippen MR) is 122 cm³/mol. The maximum atomic E-state index is 13.8. The molecule has 1 aromatic rings. The van der Waals surface area contributed by atoms with Gasteiger partial charge in [0, 0.05) is 44.5 Å². The van der Waals surface area contributed by atoms with Crippen LogP contribution in [0.25, 0.3) is 0 Å². The number of rotatable bonds is 7. The van der Waals surface area contributed by atoms with E-state index in [0.717, 1.165) is 18.4 Å². The molecule has 1 atom stereocenters. The Hall–Kier alpha value is -0.940. The van der Waals surface area contributed by atoms with Gasteiger partial charge in [0.1, 0.15) is 15.7 Å². The van der Waals surface area contributed by atoms with Gasteiger partial charge in [0.2, 0.25) is 0 Å². The van der Waals surface area contributed by atoms with Crippen molar-refractivity contribution in [2.45, 2.75) is 37.6 Å². The van der Waals surface area contributed by atoms with Crippen LogP contribution < -0.4 is 10.6 Å². The Balaban J connectivity index is 0.00000392. The minimum Gasteiger partial charge on any atom is -0.381 e. The summed E-state index contributed by atoms with van der Waals surface area (Å²) >= 11 is 0. The lowest BCUT2D eigenvalue weighted by Crippen LogP contribution is -2.49. The molecule has 1 saturated heterocycles. The molecule has 1 unspecified atom stereocenters. The fourth-order valence-corrected chi connectivity index (χ4v) is 4.07. The third-order valence-corrected chi connectivity index (χ3v) is 5.99. The first-order valence-electron chi connectivity index (χ1n) is 9.23. The van der Waals surface area contributed by atoms with Crippen molar-refractivity contribution < 1.29 is 17.5 Å². The van der Waals surface area contributed by atoms with E-state index in [2.05, 4.69) is 15.6 Å². The van der Waals surface area contributed by atoms with Crippen LogP contribution in [0.2, 0.25) is 0 Å². The Labute approximate surface area is 184 Å². The van der Waals surface area contributed by atoms with Crippen molar-refractivity contribution in [1.82, 2.24) is 10.6 Å². The smallest absolute Gasteiger partial charge is 0.191 e. The Kier molecular flexibility index (Phi) is 10.1. The highest BCUT2D eigenvalue weighted by Crippen LogP contribution is 2.34. The Morgan fingerprint density at radius 2 is 2.04 bits per heavy atom. The fourth-order valence-electron chi connectivity index (χ4n) is 3.29. The molecule has 0 saturated carbocycles. The van der Waals surface area contributed by atoms with Gasteiger partial charge in [-0.2, -0.15) is 0 Å². The molecule has 6 nitrogen and oxygen atoms in total. The van der Waals surface area contributed by atoms with Crippen molar-refractivity contribution in [3.63, 3.8) is 0 Å². The van der Waals surface area contributed by atoms with E-state index < -0.39 is 9.84 Å². The molecule has 28 heavy (non-hydrogen) atoms. The number of hydrogen-bond acceptors (Lipinski definition) is 4. The molecule has 1 aliphatic rings. The van der Waals surface area contributed by atoms with E-state index in [-0.39, 0.29) is 47.0 Å². The molecule has 0 bridgehead atoms. The van der Waals surface area contributed by atoms with E-state index in [9.17, 15) is 12.8 Å². The zero-order valence-corrected chi connectivity index (χ0v) is 19.8. The molecule has 2 N–H and O–H groups in total. The molecule has 0 spiro atoms. The second-order valence-corrected chi connectivity index (χ2v) is 9.55. The van der Waals surface area contributed by atoms with Crippen LogP contribution in [0.4, 0.5) is 4.39 Å². The molecule has 1 fully saturated rings. The predicted octanol–water partition coefficient (Wildman–Crippen LogP) is 2.48. The lowest BCUT2D eigenvalue weighted by molar-refractivity contribution is 0.0512. The van der Waals surface area contributed by atoms with E-state index in [0.29, 0.717) is 32.1 Å². The molecule has 9 heteroatoms. The van der Waals surface area contributed by atoms with Crippen molar-refractivity contribution in [3.8, 4) is 0 Å². The number of nitrogens with one attached hydrogen (secondary N) is 2. The normalized spacial score (nSPS) is 18.1. The molecule has 160 valence electrons. The van der Waals surface area contributed by atoms with Gasteiger partial charge in [-0.25, -0.2) is 12.8 Å². The number of ether oxygens (including phenoxy) is 1. The maximum Gasteiger partial charge on any atom is 0.191 e. The third-order valence-electron chi connectivity index (χ3n) is 5.01. The molecule has 1 aromatic carbocycles. The summed E-state index contributed by atoms with van der Waals surface area (Å²) in [5.41, 5.74) is 0.729. The number of benzene rings is 1. The number of nitrogens with zero attached hydrogens (tertiary/aromatic N) is 1. The van der Waals surface area contributed by atoms with Gasteiger partial charge in [0.25, 0.3) is 0 Å². The minimum absolute atomic E-state index is 0. The molecule has 0 amide bonds. The first-order chi connectivity index (χ1) is 12.7. The highest BCUT2D eigenvalue weighted by atomic mass is 127. The summed E-state index contributed by atoms with van der Waals surface area (Å²) in [4.78, 5) is 4.24. The van der Waals surface area contributed by atoms with Crippen molar-refractivity contribution in [3.05, 3.63) is 35.6 Å². The van der Waals surface area contributed by atoms with Crippen LogP contribution in [0.3, 0.4) is 0 Å². The minimum atomic E-state index is -2.99. The highest BCUT2D eigenvalue weighted by Gasteiger charge is 2.35. The monoisotopic (exact) mass is 527 g/mol. The first-order valence-corrected chi connectivity index (χ1v) is 11.3. The van der Waals surface area contributed by atoms with Gasteiger partial charge in [-0.15, -0.1) is 24.0 Å². The number of aliphatic imine (C=N–C) groups is 1. The average molecular weight is 527 g/mol. The van der Waals surface area contributed by atoms with Gasteiger partial charge in [-0.1, -0.05) is 12.1 Å². The van der Waals surface area contributed by atoms with E-state index in [1.807, 2.05) is 13.0 Å². The SMILES string of the molecule is CN=C(NCC1(c2cccc(F)c2)CCOCC1)NC(C)CCS(C)(=O)=O.I. The second kappa shape index (κ2) is 11.3. The quantitative estimate of drug-likeness (QED) is 0.324. The fraction of sp³-hybridized carbons (Fsp3) is 0.632. The van der Waals surface area contributed by atoms with Crippen molar-refractivity contribution in [1.29, 1.82) is 0 Å². The van der Waals surface area contributed by atoms with Crippen molar-refractivity contribution in [2.24, 2.45) is 4.99 Å². The van der Waals surface area contributed by atoms with Gasteiger partial charge in [0.05, 0.1) is 5.75 Å². The molecule has 1 aliphatic heterocycles. The lowest BCUT2D eigenvalue weighted by atomic mass is 9.74. The van der Waals surface area contributed by atoms with Gasteiger partial charge in [-0.05, 0) is 43.9 Å². The van der Waals surface area contributed by atoms with Crippen molar-refractivity contribution in [2.75, 3.05) is 38.8 Å². The summed E-state index contributed by atoms with van der Waals surface area (Å²) in [6, 6.07) is 6.71. The van der Waals surface area contributed by atoms with E-state index >= 15 is 0 Å². The summed E-state index contributed by atoms with van der Waals surface area (Å²) in [5.74, 6) is 0.497. The summed E-state index contributed by atoms with van der Waals surface area (Å²) in [7, 11) is -1.31. The van der Waals surface area contributed by atoms with E-state index in [1.54, 1.807) is 19.2 Å². The lowest BCUT2D eigenvalue weighted by Gasteiger charge is -2.38. The van der Waals surface area contributed by atoms with Crippen LogP contribution in [0, 0.1) is 5.82 Å². The molecule has 2 rings (SSSR count). The Morgan fingerprint density at radius 3 is 2.61 bits per heavy atom. The van der Waals surface area contributed by atoms with Crippen LogP contribution in [-0.4, -0.2) is 59.2 Å². The number of halogens is 2. The zero-order chi connectivity index (χ0) is 19.9. The van der Waals surface area contributed by atoms with Gasteiger partial charge in [-0.3, -0.25) is 4.99 Å². The molecule has 0 aliphatic carbocycles. The van der Waals surface area contributed by atoms with Gasteiger partial charge >= 0.3 is 0 Å². The van der Waals surface area contributed by atoms with Crippen molar-refractivity contribution >= 4 is 39.8 Å². The van der Waals surface area contributed by atoms with Crippen LogP contribution in [-0.2, 0) is 20.0 Å². The zero-order valence-electron chi connectivity index (χ0n) is 16.7. The van der Waals surface area contributed by atoms with Crippen LogP contribution in [0.1, 0.15) is 31.7 Å². The largest absolute Gasteiger partial charge is 0.381 e. The van der Waals surface area contributed by atoms with E-state index in [1.165, 1.54) is 12.3 Å². The average Bonchev–Trinajstić information content (AvgIpc) is 2.63. The second-order valence-electron chi connectivity index (χ2n) is 7.29. The number of guanidine groups is 1. The molecular formula is C19H31FIN3O3S. The third kappa shape index (κ3) is 7.82. The molecule has 0 aromatic heterocycles. The Morgan fingerprint density at radius 1 is 1.36 bits per heavy atom. The number of sulfone groups is 1. The highest BCUT2D eigenvalue weighted by molar-refractivity contribution is 14.0. The first kappa shape index (κ1) is 25.1. The summed E-state index contributed by atoms with van der Waals surface area (Å²) in [6.07, 6.45) is 3.33.